The largest absolute Gasteiger partial charge is 0.481 e. The van der Waals surface area contributed by atoms with Crippen LogP contribution in [0.4, 0.5) is 11.5 Å². The summed E-state index contributed by atoms with van der Waals surface area (Å²) in [6.45, 7) is 3.62. The number of aliphatic carboxylic acids is 1. The molecule has 0 atom stereocenters. The van der Waals surface area contributed by atoms with E-state index in [0.29, 0.717) is 26.9 Å². The summed E-state index contributed by atoms with van der Waals surface area (Å²) in [5, 5.41) is 12.9. The number of benzene rings is 1. The van der Waals surface area contributed by atoms with Gasteiger partial charge in [-0.15, -0.1) is 11.3 Å². The minimum absolute atomic E-state index is 0.0245. The Morgan fingerprint density at radius 2 is 1.88 bits per heavy atom. The van der Waals surface area contributed by atoms with Crippen molar-refractivity contribution in [2.75, 3.05) is 12.4 Å². The molecule has 2 aromatic heterocycles. The number of hydrogen-bond acceptors (Lipinski definition) is 7. The highest BCUT2D eigenvalue weighted by Crippen LogP contribution is 2.35. The molecule has 0 saturated heterocycles. The fourth-order valence-corrected chi connectivity index (χ4v) is 3.79. The second kappa shape index (κ2) is 7.09. The summed E-state index contributed by atoms with van der Waals surface area (Å²) >= 11 is 1.27. The average Bonchev–Trinajstić information content (AvgIpc) is 2.92. The van der Waals surface area contributed by atoms with E-state index < -0.39 is 11.9 Å². The van der Waals surface area contributed by atoms with E-state index in [1.807, 2.05) is 6.92 Å². The third-order valence-electron chi connectivity index (χ3n) is 3.84. The highest BCUT2D eigenvalue weighted by Gasteiger charge is 2.20. The van der Waals surface area contributed by atoms with Gasteiger partial charge in [0.15, 0.2) is 0 Å². The van der Waals surface area contributed by atoms with E-state index >= 15 is 0 Å². The smallest absolute Gasteiger partial charge is 0.348 e. The molecular weight excluding hydrogens is 354 g/mol. The number of carboxylic acids is 1. The predicted octanol–water partition coefficient (Wildman–Crippen LogP) is 3.47. The van der Waals surface area contributed by atoms with E-state index in [-0.39, 0.29) is 6.42 Å². The molecule has 0 aliphatic heterocycles. The number of aryl methyl sites for hydroxylation is 2. The number of hydrogen-bond donors (Lipinski definition) is 2. The van der Waals surface area contributed by atoms with Crippen molar-refractivity contribution in [2.24, 2.45) is 0 Å². The van der Waals surface area contributed by atoms with E-state index in [1.54, 1.807) is 31.2 Å². The van der Waals surface area contributed by atoms with Crippen LogP contribution < -0.4 is 5.32 Å². The summed E-state index contributed by atoms with van der Waals surface area (Å²) in [6, 6.07) is 7.10. The molecule has 0 aliphatic rings. The van der Waals surface area contributed by atoms with Crippen molar-refractivity contribution in [3.05, 3.63) is 46.1 Å². The van der Waals surface area contributed by atoms with Gasteiger partial charge in [-0.1, -0.05) is 12.1 Å². The van der Waals surface area contributed by atoms with Crippen molar-refractivity contribution in [2.45, 2.75) is 20.3 Å². The van der Waals surface area contributed by atoms with Crippen LogP contribution in [0.3, 0.4) is 0 Å². The van der Waals surface area contributed by atoms with Crippen LogP contribution in [0.25, 0.3) is 10.2 Å². The average molecular weight is 371 g/mol. The van der Waals surface area contributed by atoms with E-state index in [1.165, 1.54) is 18.4 Å². The van der Waals surface area contributed by atoms with Crippen LogP contribution in [0.15, 0.2) is 24.3 Å². The third-order valence-corrected chi connectivity index (χ3v) is 5.01. The Balaban J connectivity index is 2.00. The Hall–Kier alpha value is -3.00. The molecule has 2 N–H and O–H groups in total. The zero-order valence-electron chi connectivity index (χ0n) is 14.5. The molecule has 3 rings (SSSR count). The summed E-state index contributed by atoms with van der Waals surface area (Å²) < 4.78 is 4.83. The summed E-state index contributed by atoms with van der Waals surface area (Å²) in [4.78, 5) is 32.8. The van der Waals surface area contributed by atoms with Gasteiger partial charge in [0.1, 0.15) is 21.3 Å². The first-order chi connectivity index (χ1) is 12.4. The number of nitrogens with one attached hydrogen (secondary N) is 1. The maximum Gasteiger partial charge on any atom is 0.348 e. The van der Waals surface area contributed by atoms with E-state index in [9.17, 15) is 9.59 Å². The molecule has 3 aromatic rings. The van der Waals surface area contributed by atoms with Crippen molar-refractivity contribution >= 4 is 45.0 Å². The fraction of sp³-hybridized carbons (Fsp3) is 0.222. The lowest BCUT2D eigenvalue weighted by Crippen LogP contribution is -2.02. The van der Waals surface area contributed by atoms with E-state index in [4.69, 9.17) is 9.84 Å². The van der Waals surface area contributed by atoms with Gasteiger partial charge in [0.2, 0.25) is 0 Å². The number of rotatable bonds is 5. The SMILES string of the molecule is COC(=O)c1sc2nc(C)nc(Nc3ccc(CC(=O)O)cc3)c2c1C. The molecule has 1 aromatic carbocycles. The van der Waals surface area contributed by atoms with Crippen molar-refractivity contribution in [3.8, 4) is 0 Å². The molecule has 7 nitrogen and oxygen atoms in total. The minimum Gasteiger partial charge on any atom is -0.481 e. The molecule has 0 spiro atoms. The van der Waals surface area contributed by atoms with Gasteiger partial charge in [-0.05, 0) is 37.1 Å². The lowest BCUT2D eigenvalue weighted by molar-refractivity contribution is -0.136. The second-order valence-electron chi connectivity index (χ2n) is 5.74. The Labute approximate surface area is 153 Å². The molecule has 134 valence electrons. The summed E-state index contributed by atoms with van der Waals surface area (Å²) in [7, 11) is 1.35. The van der Waals surface area contributed by atoms with Gasteiger partial charge < -0.3 is 15.2 Å². The molecule has 2 heterocycles. The Morgan fingerprint density at radius 3 is 2.50 bits per heavy atom. The number of methoxy groups -OCH3 is 1. The molecule has 0 unspecified atom stereocenters. The summed E-state index contributed by atoms with van der Waals surface area (Å²) in [5.74, 6) is -0.0854. The maximum atomic E-state index is 12.0. The molecule has 0 fully saturated rings. The van der Waals surface area contributed by atoms with Gasteiger partial charge in [0.25, 0.3) is 0 Å². The Kier molecular flexibility index (Phi) is 4.85. The number of aromatic nitrogens is 2. The first-order valence-corrected chi connectivity index (χ1v) is 8.64. The topological polar surface area (TPSA) is 101 Å². The zero-order valence-corrected chi connectivity index (χ0v) is 15.3. The molecule has 0 saturated carbocycles. The molecule has 0 bridgehead atoms. The number of carbonyl (C=O) groups excluding carboxylic acids is 1. The third kappa shape index (κ3) is 3.50. The Morgan fingerprint density at radius 1 is 1.19 bits per heavy atom. The van der Waals surface area contributed by atoms with Gasteiger partial charge in [-0.2, -0.15) is 0 Å². The number of ether oxygens (including phenoxy) is 1. The summed E-state index contributed by atoms with van der Waals surface area (Å²) in [5.41, 5.74) is 2.25. The number of thiophene rings is 1. The molecular formula is C18H17N3O4S. The number of carboxylic acid groups (broad SMARTS) is 1. The van der Waals surface area contributed by atoms with Gasteiger partial charge >= 0.3 is 11.9 Å². The highest BCUT2D eigenvalue weighted by atomic mass is 32.1. The predicted molar refractivity (Wildman–Crippen MR) is 99.3 cm³/mol. The lowest BCUT2D eigenvalue weighted by atomic mass is 10.1. The molecule has 0 radical (unpaired) electrons. The van der Waals surface area contributed by atoms with Crippen molar-refractivity contribution in [1.29, 1.82) is 0 Å². The number of esters is 1. The quantitative estimate of drug-likeness (QED) is 0.662. The maximum absolute atomic E-state index is 12.0. The van der Waals surface area contributed by atoms with Crippen LogP contribution >= 0.6 is 11.3 Å². The van der Waals surface area contributed by atoms with Crippen molar-refractivity contribution in [3.63, 3.8) is 0 Å². The fourth-order valence-electron chi connectivity index (χ4n) is 2.64. The van der Waals surface area contributed by atoms with Gasteiger partial charge in [-0.3, -0.25) is 4.79 Å². The number of nitrogens with zero attached hydrogens (tertiary/aromatic N) is 2. The standard InChI is InChI=1S/C18H17N3O4S/c1-9-14-16(21-12-6-4-11(5-7-12)8-13(22)23)19-10(2)20-17(14)26-15(9)18(24)25-3/h4-7H,8H2,1-3H3,(H,22,23)(H,19,20,21). The molecule has 26 heavy (non-hydrogen) atoms. The minimum atomic E-state index is -0.872. The van der Waals surface area contributed by atoms with Crippen molar-refractivity contribution < 1.29 is 19.4 Å². The first kappa shape index (κ1) is 17.8. The van der Waals surface area contributed by atoms with Crippen LogP contribution in [0.5, 0.6) is 0 Å². The molecule has 0 aliphatic carbocycles. The Bertz CT molecular complexity index is 996. The lowest BCUT2D eigenvalue weighted by Gasteiger charge is -2.09. The van der Waals surface area contributed by atoms with Crippen LogP contribution in [-0.4, -0.2) is 34.1 Å². The molecule has 0 amide bonds. The van der Waals surface area contributed by atoms with Crippen LogP contribution in [0.2, 0.25) is 0 Å². The van der Waals surface area contributed by atoms with E-state index in [0.717, 1.165) is 16.6 Å². The van der Waals surface area contributed by atoms with Gasteiger partial charge in [-0.25, -0.2) is 14.8 Å². The number of fused-ring (bicyclic) bond motifs is 1. The summed E-state index contributed by atoms with van der Waals surface area (Å²) in [6.07, 6.45) is -0.0245. The first-order valence-electron chi connectivity index (χ1n) is 7.83. The number of carbonyl (C=O) groups is 2. The van der Waals surface area contributed by atoms with Crippen LogP contribution in [0.1, 0.15) is 26.6 Å². The van der Waals surface area contributed by atoms with Crippen LogP contribution in [0, 0.1) is 13.8 Å². The monoisotopic (exact) mass is 371 g/mol. The van der Waals surface area contributed by atoms with Gasteiger partial charge in [0.05, 0.1) is 18.9 Å². The second-order valence-corrected chi connectivity index (χ2v) is 6.74. The normalized spacial score (nSPS) is 10.7. The van der Waals surface area contributed by atoms with Crippen molar-refractivity contribution in [1.82, 2.24) is 9.97 Å². The molecule has 8 heteroatoms. The number of anilines is 2. The highest BCUT2D eigenvalue weighted by molar-refractivity contribution is 7.20. The van der Waals surface area contributed by atoms with Crippen LogP contribution in [-0.2, 0) is 16.0 Å². The van der Waals surface area contributed by atoms with Gasteiger partial charge in [0, 0.05) is 5.69 Å². The van der Waals surface area contributed by atoms with E-state index in [2.05, 4.69) is 15.3 Å². The zero-order chi connectivity index (χ0) is 18.8.